The quantitative estimate of drug-likeness (QED) is 0.196. The molecule has 2 amide bonds. The average Bonchev–Trinajstić information content (AvgIpc) is 3.86. The van der Waals surface area contributed by atoms with E-state index in [2.05, 4.69) is 36.3 Å². The average molecular weight is 760 g/mol. The Labute approximate surface area is 315 Å². The lowest BCUT2D eigenvalue weighted by atomic mass is 9.87. The lowest BCUT2D eigenvalue weighted by Crippen LogP contribution is -2.32. The summed E-state index contributed by atoms with van der Waals surface area (Å²) in [6.07, 6.45) is 9.84. The van der Waals surface area contributed by atoms with Crippen molar-refractivity contribution >= 4 is 84.2 Å². The number of aromatic nitrogens is 4. The fourth-order valence-electron chi connectivity index (χ4n) is 7.15. The van der Waals surface area contributed by atoms with Crippen molar-refractivity contribution in [3.63, 3.8) is 0 Å². The van der Waals surface area contributed by atoms with E-state index in [-0.39, 0.29) is 29.8 Å². The Morgan fingerprint density at radius 1 is 0.923 bits per heavy atom. The molecule has 12 nitrogen and oxygen atoms in total. The normalized spacial score (nSPS) is 17.8. The van der Waals surface area contributed by atoms with Gasteiger partial charge in [-0.2, -0.15) is 0 Å². The fourth-order valence-corrected chi connectivity index (χ4v) is 9.99. The zero-order valence-corrected chi connectivity index (χ0v) is 32.3. The van der Waals surface area contributed by atoms with Crippen LogP contribution in [0.3, 0.4) is 0 Å². The molecule has 0 radical (unpaired) electrons. The first-order chi connectivity index (χ1) is 25.0. The van der Waals surface area contributed by atoms with Gasteiger partial charge in [0.25, 0.3) is 0 Å². The van der Waals surface area contributed by atoms with Crippen LogP contribution in [-0.4, -0.2) is 88.6 Å². The van der Waals surface area contributed by atoms with E-state index in [9.17, 15) is 9.59 Å². The molecule has 4 aromatic heterocycles. The summed E-state index contributed by atoms with van der Waals surface area (Å²) in [5.74, 6) is 2.01. The van der Waals surface area contributed by atoms with Crippen LogP contribution < -0.4 is 15.8 Å². The minimum atomic E-state index is -0.114. The molecule has 3 atom stereocenters. The van der Waals surface area contributed by atoms with Crippen LogP contribution in [0.5, 0.6) is 5.75 Å². The number of rotatable bonds is 7. The highest BCUT2D eigenvalue weighted by atomic mass is 35.5. The topological polar surface area (TPSA) is 152 Å². The SMILES string of the molecule is CN(C)C(=O)[C@H]1CCc2c(sc3ncnc(Cl)c23)C1.C[C@@H](CN)Oc1cc2c(cc1Nc1ncnc3sc4c(c13)CC[C@H](C(=O)N(C)C)C4)C=NC2. The van der Waals surface area contributed by atoms with Crippen molar-refractivity contribution in [2.24, 2.45) is 22.6 Å². The van der Waals surface area contributed by atoms with Gasteiger partial charge in [0.15, 0.2) is 0 Å². The molecule has 272 valence electrons. The third kappa shape index (κ3) is 7.08. The number of aliphatic imine (C=N–C) groups is 1. The summed E-state index contributed by atoms with van der Waals surface area (Å²) in [4.78, 5) is 54.2. The highest BCUT2D eigenvalue weighted by Crippen LogP contribution is 2.43. The van der Waals surface area contributed by atoms with Gasteiger partial charge in [-0.3, -0.25) is 14.6 Å². The predicted octanol–water partition coefficient (Wildman–Crippen LogP) is 5.82. The molecule has 0 fully saturated rings. The Balaban J connectivity index is 0.000000187. The van der Waals surface area contributed by atoms with Gasteiger partial charge >= 0.3 is 0 Å². The number of hydrogen-bond acceptors (Lipinski definition) is 12. The second kappa shape index (κ2) is 15.0. The number of nitrogens with one attached hydrogen (secondary N) is 1. The largest absolute Gasteiger partial charge is 0.487 e. The Bertz CT molecular complexity index is 2200. The molecule has 1 aliphatic heterocycles. The smallest absolute Gasteiger partial charge is 0.225 e. The summed E-state index contributed by atoms with van der Waals surface area (Å²) in [6.45, 7) is 3.04. The number of thiophene rings is 2. The maximum atomic E-state index is 12.5. The number of amides is 2. The van der Waals surface area contributed by atoms with Crippen molar-refractivity contribution in [3.05, 3.63) is 61.9 Å². The van der Waals surface area contributed by atoms with E-state index in [0.29, 0.717) is 18.2 Å². The molecule has 0 saturated carbocycles. The summed E-state index contributed by atoms with van der Waals surface area (Å²) >= 11 is 9.47. The van der Waals surface area contributed by atoms with Crippen LogP contribution in [0.25, 0.3) is 20.4 Å². The number of nitrogens with two attached hydrogens (primary N) is 1. The van der Waals surface area contributed by atoms with E-state index < -0.39 is 0 Å². The molecule has 5 heterocycles. The Morgan fingerprint density at radius 2 is 1.52 bits per heavy atom. The first-order valence-electron chi connectivity index (χ1n) is 17.4. The molecule has 0 bridgehead atoms. The molecule has 2 aliphatic carbocycles. The van der Waals surface area contributed by atoms with Crippen LogP contribution in [0.15, 0.2) is 29.8 Å². The number of carbonyl (C=O) groups excluding carboxylic acids is 2. The zero-order chi connectivity index (χ0) is 36.7. The summed E-state index contributed by atoms with van der Waals surface area (Å²) in [5.41, 5.74) is 11.3. The highest BCUT2D eigenvalue weighted by molar-refractivity contribution is 7.19. The summed E-state index contributed by atoms with van der Waals surface area (Å²) in [5, 5.41) is 6.07. The minimum Gasteiger partial charge on any atom is -0.487 e. The number of aryl methyl sites for hydroxylation is 2. The van der Waals surface area contributed by atoms with Gasteiger partial charge in [-0.05, 0) is 79.8 Å². The monoisotopic (exact) mass is 759 g/mol. The summed E-state index contributed by atoms with van der Waals surface area (Å²) in [6, 6.07) is 4.10. The van der Waals surface area contributed by atoms with Gasteiger partial charge in [-0.15, -0.1) is 22.7 Å². The molecule has 8 rings (SSSR count). The maximum Gasteiger partial charge on any atom is 0.225 e. The van der Waals surface area contributed by atoms with Crippen molar-refractivity contribution < 1.29 is 14.3 Å². The van der Waals surface area contributed by atoms with E-state index in [1.54, 1.807) is 38.8 Å². The molecule has 15 heteroatoms. The van der Waals surface area contributed by atoms with Gasteiger partial charge in [-0.1, -0.05) is 11.6 Å². The molecule has 3 N–H and O–H groups in total. The van der Waals surface area contributed by atoms with Gasteiger partial charge in [0, 0.05) is 62.5 Å². The molecular formula is C37H42ClN9O3S2. The van der Waals surface area contributed by atoms with Crippen LogP contribution in [0, 0.1) is 11.8 Å². The van der Waals surface area contributed by atoms with Gasteiger partial charge in [0.05, 0.1) is 23.0 Å². The van der Waals surface area contributed by atoms with Crippen LogP contribution in [-0.2, 0) is 41.8 Å². The zero-order valence-electron chi connectivity index (χ0n) is 29.9. The Kier molecular flexibility index (Phi) is 10.4. The third-order valence-corrected chi connectivity index (χ3v) is 12.5. The van der Waals surface area contributed by atoms with Gasteiger partial charge in [0.2, 0.25) is 11.8 Å². The number of halogens is 1. The van der Waals surface area contributed by atoms with Crippen molar-refractivity contribution in [2.75, 3.05) is 40.1 Å². The first-order valence-corrected chi connectivity index (χ1v) is 19.4. The molecule has 3 aliphatic rings. The van der Waals surface area contributed by atoms with E-state index in [4.69, 9.17) is 22.1 Å². The lowest BCUT2D eigenvalue weighted by Gasteiger charge is -2.24. The van der Waals surface area contributed by atoms with Crippen molar-refractivity contribution in [2.45, 2.75) is 58.1 Å². The molecule has 0 unspecified atom stereocenters. The Morgan fingerprint density at radius 3 is 2.13 bits per heavy atom. The molecule has 52 heavy (non-hydrogen) atoms. The molecule has 0 spiro atoms. The maximum absolute atomic E-state index is 12.5. The summed E-state index contributed by atoms with van der Waals surface area (Å²) in [7, 11) is 7.27. The number of hydrogen-bond donors (Lipinski definition) is 2. The lowest BCUT2D eigenvalue weighted by molar-refractivity contribution is -0.134. The Hall–Kier alpha value is -4.24. The minimum absolute atomic E-state index is 0.0266. The fraction of sp³-hybridized carbons (Fsp3) is 0.432. The number of carbonyl (C=O) groups is 2. The number of nitrogens with zero attached hydrogens (tertiary/aromatic N) is 7. The van der Waals surface area contributed by atoms with Crippen LogP contribution >= 0.6 is 34.3 Å². The van der Waals surface area contributed by atoms with Crippen molar-refractivity contribution in [1.82, 2.24) is 29.7 Å². The van der Waals surface area contributed by atoms with E-state index >= 15 is 0 Å². The van der Waals surface area contributed by atoms with Crippen molar-refractivity contribution in [3.8, 4) is 5.75 Å². The van der Waals surface area contributed by atoms with E-state index in [1.165, 1.54) is 27.2 Å². The molecule has 1 aromatic carbocycles. The van der Waals surface area contributed by atoms with Gasteiger partial charge in [0.1, 0.15) is 45.1 Å². The molecule has 5 aromatic rings. The second-order valence-corrected chi connectivity index (χ2v) is 16.4. The first kappa shape index (κ1) is 36.1. The van der Waals surface area contributed by atoms with Gasteiger partial charge in [-0.25, -0.2) is 19.9 Å². The third-order valence-electron chi connectivity index (χ3n) is 9.87. The number of ether oxygens (including phenoxy) is 1. The highest BCUT2D eigenvalue weighted by Gasteiger charge is 2.31. The van der Waals surface area contributed by atoms with Crippen LogP contribution in [0.2, 0.25) is 5.15 Å². The standard InChI is InChI=1S/C24H28N6O2S.C13H14ClN3OS/c1-13(9-25)32-19-7-16-11-26-10-15(16)6-18(19)29-22-21-17-5-4-14(24(31)30(2)3)8-20(17)33-23(21)28-12-27-22;1-17(2)13(18)7-3-4-8-9(5-7)19-12-10(8)11(14)15-6-16-12/h6-7,10,12-14H,4-5,8-9,11,25H2,1-3H3,(H,27,28,29);6-7H,3-5H2,1-2H3/t13-,14-;7-/m00/s1. The van der Waals surface area contributed by atoms with Crippen LogP contribution in [0.4, 0.5) is 11.5 Å². The van der Waals surface area contributed by atoms with E-state index in [0.717, 1.165) is 87.3 Å². The molecular weight excluding hydrogens is 718 g/mol. The van der Waals surface area contributed by atoms with E-state index in [1.807, 2.05) is 47.4 Å². The van der Waals surface area contributed by atoms with Crippen LogP contribution in [0.1, 0.15) is 51.8 Å². The number of benzene rings is 1. The summed E-state index contributed by atoms with van der Waals surface area (Å²) < 4.78 is 6.14. The van der Waals surface area contributed by atoms with Gasteiger partial charge < -0.3 is 25.6 Å². The van der Waals surface area contributed by atoms with Crippen molar-refractivity contribution in [1.29, 1.82) is 0 Å². The second-order valence-electron chi connectivity index (χ2n) is 13.9. The number of fused-ring (bicyclic) bond motifs is 7. The number of anilines is 2. The predicted molar refractivity (Wildman–Crippen MR) is 208 cm³/mol. The molecule has 0 saturated heterocycles.